The third-order valence-electron chi connectivity index (χ3n) is 2.18. The lowest BCUT2D eigenvalue weighted by molar-refractivity contribution is 0.533. The van der Waals surface area contributed by atoms with Gasteiger partial charge in [-0.3, -0.25) is 4.79 Å². The zero-order valence-electron chi connectivity index (χ0n) is 9.18. The largest absolute Gasteiger partial charge is 0.333 e. The lowest BCUT2D eigenvalue weighted by Gasteiger charge is -2.16. The van der Waals surface area contributed by atoms with Crippen molar-refractivity contribution in [1.29, 1.82) is 0 Å². The first-order valence-corrected chi connectivity index (χ1v) is 5.09. The van der Waals surface area contributed by atoms with Gasteiger partial charge in [-0.25, -0.2) is 5.10 Å². The standard InChI is InChI=1S/C8H12N6OS/c1-8(2,3)4-5(15)13(9)6-10-11-7(16)14(6)12-4/h9H2,1-3H3,(H,11,16). The number of fused-ring (bicyclic) bond motifs is 1. The summed E-state index contributed by atoms with van der Waals surface area (Å²) in [7, 11) is 0. The zero-order valence-corrected chi connectivity index (χ0v) is 10.00. The SMILES string of the molecule is CC(C)(C)c1nn2c(=S)[nH]nc2n(N)c1=O. The van der Waals surface area contributed by atoms with Gasteiger partial charge in [0.2, 0.25) is 4.77 Å². The Hall–Kier alpha value is -1.70. The fourth-order valence-corrected chi connectivity index (χ4v) is 1.52. The van der Waals surface area contributed by atoms with Gasteiger partial charge < -0.3 is 5.84 Å². The molecule has 0 radical (unpaired) electrons. The van der Waals surface area contributed by atoms with E-state index in [2.05, 4.69) is 15.3 Å². The van der Waals surface area contributed by atoms with Crippen LogP contribution in [0.25, 0.3) is 5.78 Å². The smallest absolute Gasteiger partial charge is 0.295 e. The van der Waals surface area contributed by atoms with Crippen LogP contribution in [0.3, 0.4) is 0 Å². The number of aromatic amines is 1. The Labute approximate surface area is 95.9 Å². The van der Waals surface area contributed by atoms with Crippen LogP contribution in [0.5, 0.6) is 0 Å². The first-order valence-electron chi connectivity index (χ1n) is 4.68. The van der Waals surface area contributed by atoms with Crippen LogP contribution in [0.2, 0.25) is 0 Å². The van der Waals surface area contributed by atoms with E-state index < -0.39 is 5.41 Å². The van der Waals surface area contributed by atoms with Crippen LogP contribution in [0, 0.1) is 4.77 Å². The van der Waals surface area contributed by atoms with E-state index in [0.29, 0.717) is 10.5 Å². The third kappa shape index (κ3) is 1.42. The molecule has 0 unspecified atom stereocenters. The van der Waals surface area contributed by atoms with E-state index in [9.17, 15) is 4.79 Å². The summed E-state index contributed by atoms with van der Waals surface area (Å²) >= 11 is 4.98. The highest BCUT2D eigenvalue weighted by Gasteiger charge is 2.23. The molecule has 0 saturated heterocycles. The molecule has 0 spiro atoms. The summed E-state index contributed by atoms with van der Waals surface area (Å²) in [6.45, 7) is 5.64. The first-order chi connectivity index (χ1) is 7.32. The van der Waals surface area contributed by atoms with Gasteiger partial charge >= 0.3 is 0 Å². The minimum absolute atomic E-state index is 0.197. The van der Waals surface area contributed by atoms with Gasteiger partial charge in [-0.05, 0) is 12.2 Å². The van der Waals surface area contributed by atoms with Crippen LogP contribution in [0.15, 0.2) is 4.79 Å². The maximum atomic E-state index is 11.9. The fourth-order valence-electron chi connectivity index (χ4n) is 1.35. The van der Waals surface area contributed by atoms with E-state index in [1.54, 1.807) is 0 Å². The van der Waals surface area contributed by atoms with Gasteiger partial charge in [0.15, 0.2) is 0 Å². The Balaban J connectivity index is 2.98. The predicted octanol–water partition coefficient (Wildman–Crippen LogP) is -0.0401. The minimum Gasteiger partial charge on any atom is -0.333 e. The monoisotopic (exact) mass is 240 g/mol. The highest BCUT2D eigenvalue weighted by molar-refractivity contribution is 7.71. The third-order valence-corrected chi connectivity index (χ3v) is 2.44. The molecule has 0 aliphatic heterocycles. The van der Waals surface area contributed by atoms with E-state index in [4.69, 9.17) is 18.1 Å². The Bertz CT molecular complexity index is 658. The summed E-state index contributed by atoms with van der Waals surface area (Å²) < 4.78 is 2.59. The number of nitrogen functional groups attached to an aromatic ring is 1. The van der Waals surface area contributed by atoms with Gasteiger partial charge in [0, 0.05) is 5.41 Å². The van der Waals surface area contributed by atoms with Crippen molar-refractivity contribution >= 4 is 18.0 Å². The van der Waals surface area contributed by atoms with Crippen molar-refractivity contribution in [3.8, 4) is 0 Å². The van der Waals surface area contributed by atoms with Gasteiger partial charge in [0.1, 0.15) is 5.69 Å². The van der Waals surface area contributed by atoms with Crippen LogP contribution >= 0.6 is 12.2 Å². The molecule has 2 heterocycles. The molecule has 0 amide bonds. The highest BCUT2D eigenvalue weighted by Crippen LogP contribution is 2.15. The average Bonchev–Trinajstić information content (AvgIpc) is 2.52. The molecule has 0 fully saturated rings. The van der Waals surface area contributed by atoms with Crippen LogP contribution in [-0.2, 0) is 5.41 Å². The minimum atomic E-state index is -0.404. The Morgan fingerprint density at radius 2 is 2.06 bits per heavy atom. The molecule has 86 valence electrons. The molecule has 0 aliphatic rings. The molecular weight excluding hydrogens is 228 g/mol. The maximum Gasteiger partial charge on any atom is 0.295 e. The lowest BCUT2D eigenvalue weighted by Crippen LogP contribution is -2.38. The summed E-state index contributed by atoms with van der Waals surface area (Å²) in [5.41, 5.74) is -0.424. The number of H-pyrrole nitrogens is 1. The molecule has 2 aromatic heterocycles. The van der Waals surface area contributed by atoms with Crippen molar-refractivity contribution in [2.24, 2.45) is 0 Å². The second-order valence-electron chi connectivity index (χ2n) is 4.51. The second-order valence-corrected chi connectivity index (χ2v) is 4.90. The van der Waals surface area contributed by atoms with E-state index >= 15 is 0 Å². The van der Waals surface area contributed by atoms with Gasteiger partial charge in [-0.15, -0.1) is 5.10 Å². The number of aromatic nitrogens is 5. The average molecular weight is 240 g/mol. The van der Waals surface area contributed by atoms with E-state index in [0.717, 1.165) is 4.68 Å². The number of rotatable bonds is 0. The number of nitrogens with zero attached hydrogens (tertiary/aromatic N) is 4. The lowest BCUT2D eigenvalue weighted by atomic mass is 9.93. The van der Waals surface area contributed by atoms with Crippen molar-refractivity contribution in [2.45, 2.75) is 26.2 Å². The molecule has 7 nitrogen and oxygen atoms in total. The van der Waals surface area contributed by atoms with Gasteiger partial charge in [-0.1, -0.05) is 20.8 Å². The van der Waals surface area contributed by atoms with Gasteiger partial charge in [0.25, 0.3) is 11.3 Å². The number of hydrogen-bond acceptors (Lipinski definition) is 5. The number of nitrogens with one attached hydrogen (secondary N) is 1. The predicted molar refractivity (Wildman–Crippen MR) is 61.3 cm³/mol. The topological polar surface area (TPSA) is 94.0 Å². The quantitative estimate of drug-likeness (QED) is 0.498. The molecule has 0 aliphatic carbocycles. The molecule has 8 heteroatoms. The normalized spacial score (nSPS) is 12.2. The van der Waals surface area contributed by atoms with E-state index in [1.807, 2.05) is 20.8 Å². The van der Waals surface area contributed by atoms with Crippen LogP contribution < -0.4 is 11.4 Å². The molecule has 2 rings (SSSR count). The molecule has 0 aromatic carbocycles. The zero-order chi connectivity index (χ0) is 12.1. The molecule has 2 aromatic rings. The molecule has 0 atom stereocenters. The van der Waals surface area contributed by atoms with Crippen molar-refractivity contribution in [1.82, 2.24) is 24.5 Å². The summed E-state index contributed by atoms with van der Waals surface area (Å²) in [6, 6.07) is 0. The summed E-state index contributed by atoms with van der Waals surface area (Å²) in [6.07, 6.45) is 0. The van der Waals surface area contributed by atoms with Crippen molar-refractivity contribution in [3.05, 3.63) is 20.8 Å². The summed E-state index contributed by atoms with van der Waals surface area (Å²) in [5, 5.41) is 10.5. The van der Waals surface area contributed by atoms with E-state index in [1.165, 1.54) is 4.52 Å². The first kappa shape index (κ1) is 10.8. The Morgan fingerprint density at radius 3 is 2.62 bits per heavy atom. The molecule has 3 N–H and O–H groups in total. The number of hydrogen-bond donors (Lipinski definition) is 2. The van der Waals surface area contributed by atoms with Crippen LogP contribution in [-0.4, -0.2) is 24.5 Å². The second kappa shape index (κ2) is 3.14. The molecule has 0 saturated carbocycles. The molecule has 0 bridgehead atoms. The Morgan fingerprint density at radius 1 is 1.44 bits per heavy atom. The van der Waals surface area contributed by atoms with Crippen LogP contribution in [0.4, 0.5) is 0 Å². The van der Waals surface area contributed by atoms with Gasteiger partial charge in [-0.2, -0.15) is 14.3 Å². The van der Waals surface area contributed by atoms with Crippen molar-refractivity contribution in [2.75, 3.05) is 5.84 Å². The Kier molecular flexibility index (Phi) is 2.12. The highest BCUT2D eigenvalue weighted by atomic mass is 32.1. The van der Waals surface area contributed by atoms with Gasteiger partial charge in [0.05, 0.1) is 0 Å². The van der Waals surface area contributed by atoms with Crippen molar-refractivity contribution in [3.63, 3.8) is 0 Å². The van der Waals surface area contributed by atoms with Crippen molar-refractivity contribution < 1.29 is 0 Å². The summed E-state index contributed by atoms with van der Waals surface area (Å²) in [4.78, 5) is 11.9. The molecule has 16 heavy (non-hydrogen) atoms. The maximum absolute atomic E-state index is 11.9. The van der Waals surface area contributed by atoms with E-state index in [-0.39, 0.29) is 11.3 Å². The van der Waals surface area contributed by atoms with Crippen LogP contribution in [0.1, 0.15) is 26.5 Å². The fraction of sp³-hybridized carbons (Fsp3) is 0.500. The number of nitrogens with two attached hydrogens (primary N) is 1. The summed E-state index contributed by atoms with van der Waals surface area (Å²) in [5.74, 6) is 5.84. The molecular formula is C8H12N6OS.